The van der Waals surface area contributed by atoms with Crippen LogP contribution in [0.25, 0.3) is 0 Å². The van der Waals surface area contributed by atoms with E-state index in [1.54, 1.807) is 25.1 Å². The van der Waals surface area contributed by atoms with Gasteiger partial charge in [0.2, 0.25) is 0 Å². The molecule has 7 heteroatoms. The Morgan fingerprint density at radius 3 is 2.67 bits per heavy atom. The number of anilines is 1. The normalized spacial score (nSPS) is 12.8. The number of amides is 1. The molecular formula is C14H17N3O4. The Balaban J connectivity index is 2.44. The molecule has 21 heavy (non-hydrogen) atoms. The van der Waals surface area contributed by atoms with E-state index in [1.807, 2.05) is 0 Å². The van der Waals surface area contributed by atoms with Gasteiger partial charge in [0.05, 0.1) is 23.4 Å². The van der Waals surface area contributed by atoms with E-state index in [0.717, 1.165) is 5.56 Å². The first-order valence-electron chi connectivity index (χ1n) is 6.40. The van der Waals surface area contributed by atoms with Gasteiger partial charge in [-0.15, -0.1) is 0 Å². The summed E-state index contributed by atoms with van der Waals surface area (Å²) in [5.74, 6) is -0.0438. The topological polar surface area (TPSA) is 75.9 Å². The summed E-state index contributed by atoms with van der Waals surface area (Å²) in [6.45, 7) is 4.22. The number of fused-ring (bicyclic) bond motifs is 1. The Labute approximate surface area is 122 Å². The highest BCUT2D eigenvalue weighted by Gasteiger charge is 2.30. The molecule has 1 heterocycles. The van der Waals surface area contributed by atoms with Gasteiger partial charge in [-0.1, -0.05) is 6.58 Å². The highest BCUT2D eigenvalue weighted by Crippen LogP contribution is 2.38. The fourth-order valence-corrected chi connectivity index (χ4v) is 2.27. The molecule has 0 saturated carbocycles. The molecule has 0 unspecified atom stereocenters. The zero-order valence-corrected chi connectivity index (χ0v) is 12.3. The second-order valence-corrected chi connectivity index (χ2v) is 4.96. The van der Waals surface area contributed by atoms with E-state index in [2.05, 4.69) is 6.58 Å². The van der Waals surface area contributed by atoms with Gasteiger partial charge < -0.3 is 14.5 Å². The van der Waals surface area contributed by atoms with Crippen LogP contribution in [0.1, 0.15) is 5.56 Å². The summed E-state index contributed by atoms with van der Waals surface area (Å²) in [7, 11) is 4.85. The van der Waals surface area contributed by atoms with E-state index in [-0.39, 0.29) is 17.3 Å². The smallest absolute Gasteiger partial charge is 0.313 e. The third-order valence-electron chi connectivity index (χ3n) is 3.50. The first-order chi connectivity index (χ1) is 9.86. The van der Waals surface area contributed by atoms with Crippen molar-refractivity contribution >= 4 is 17.3 Å². The van der Waals surface area contributed by atoms with Crippen molar-refractivity contribution in [2.45, 2.75) is 6.42 Å². The Bertz CT molecular complexity index is 625. The van der Waals surface area contributed by atoms with Crippen molar-refractivity contribution in [3.63, 3.8) is 0 Å². The number of nitro benzene ring substituents is 1. The van der Waals surface area contributed by atoms with Gasteiger partial charge >= 0.3 is 5.69 Å². The van der Waals surface area contributed by atoms with Crippen LogP contribution < -0.4 is 9.64 Å². The number of nitro groups is 1. The molecular weight excluding hydrogens is 274 g/mol. The Hall–Kier alpha value is -2.57. The van der Waals surface area contributed by atoms with E-state index in [9.17, 15) is 14.9 Å². The van der Waals surface area contributed by atoms with Gasteiger partial charge in [-0.3, -0.25) is 14.9 Å². The summed E-state index contributed by atoms with van der Waals surface area (Å²) >= 11 is 0. The van der Waals surface area contributed by atoms with Gasteiger partial charge in [-0.05, 0) is 18.1 Å². The van der Waals surface area contributed by atoms with Gasteiger partial charge in [0.25, 0.3) is 5.91 Å². The number of carbonyl (C=O) groups is 1. The lowest BCUT2D eigenvalue weighted by molar-refractivity contribution is -0.385. The van der Waals surface area contributed by atoms with Crippen LogP contribution in [-0.2, 0) is 11.2 Å². The van der Waals surface area contributed by atoms with Gasteiger partial charge in [-0.2, -0.15) is 0 Å². The third-order valence-corrected chi connectivity index (χ3v) is 3.50. The van der Waals surface area contributed by atoms with Crippen LogP contribution in [-0.4, -0.2) is 43.5 Å². The molecule has 0 fully saturated rings. The van der Waals surface area contributed by atoms with Crippen molar-refractivity contribution in [1.82, 2.24) is 4.90 Å². The minimum Gasteiger partial charge on any atom is -0.490 e. The second-order valence-electron chi connectivity index (χ2n) is 4.96. The first kappa shape index (κ1) is 14.8. The molecule has 0 aliphatic carbocycles. The van der Waals surface area contributed by atoms with E-state index in [0.29, 0.717) is 24.4 Å². The molecule has 0 saturated heterocycles. The summed E-state index contributed by atoms with van der Waals surface area (Å²) in [5, 5.41) is 11.1. The van der Waals surface area contributed by atoms with Crippen molar-refractivity contribution < 1.29 is 14.5 Å². The van der Waals surface area contributed by atoms with Crippen molar-refractivity contribution in [3.05, 3.63) is 40.1 Å². The second kappa shape index (κ2) is 5.43. The number of rotatable bonds is 4. The number of ether oxygens (including phenoxy) is 1. The molecule has 1 aliphatic rings. The fraction of sp³-hybridized carbons (Fsp3) is 0.357. The lowest BCUT2D eigenvalue weighted by Crippen LogP contribution is -2.34. The SMILES string of the molecule is C=C(C(=O)N1CCc2cc(OC)c([N+](=O)[O-])cc21)N(C)C. The summed E-state index contributed by atoms with van der Waals surface area (Å²) in [6.07, 6.45) is 0.635. The zero-order chi connectivity index (χ0) is 15.7. The molecule has 0 bridgehead atoms. The Morgan fingerprint density at radius 1 is 1.48 bits per heavy atom. The quantitative estimate of drug-likeness (QED) is 0.478. The van der Waals surface area contributed by atoms with E-state index in [4.69, 9.17) is 4.74 Å². The van der Waals surface area contributed by atoms with Crippen molar-refractivity contribution in [1.29, 1.82) is 0 Å². The van der Waals surface area contributed by atoms with Gasteiger partial charge in [0.15, 0.2) is 5.75 Å². The lowest BCUT2D eigenvalue weighted by atomic mass is 10.1. The van der Waals surface area contributed by atoms with Crippen LogP contribution in [0.2, 0.25) is 0 Å². The maximum atomic E-state index is 12.4. The number of hydrogen-bond donors (Lipinski definition) is 0. The lowest BCUT2D eigenvalue weighted by Gasteiger charge is -2.22. The highest BCUT2D eigenvalue weighted by molar-refractivity contribution is 6.06. The first-order valence-corrected chi connectivity index (χ1v) is 6.40. The molecule has 0 radical (unpaired) electrons. The van der Waals surface area contributed by atoms with Gasteiger partial charge in [-0.25, -0.2) is 0 Å². The number of hydrogen-bond acceptors (Lipinski definition) is 5. The maximum absolute atomic E-state index is 12.4. The van der Waals surface area contributed by atoms with Crippen LogP contribution in [0, 0.1) is 10.1 Å². The van der Waals surface area contributed by atoms with Crippen LogP contribution in [0.4, 0.5) is 11.4 Å². The molecule has 0 aromatic heterocycles. The average molecular weight is 291 g/mol. The molecule has 0 spiro atoms. The standard InChI is InChI=1S/C14H17N3O4/c1-9(15(2)3)14(18)16-6-5-10-7-13(21-4)12(17(19)20)8-11(10)16/h7-8H,1,5-6H2,2-4H3. The number of likely N-dealkylation sites (N-methyl/N-ethyl adjacent to an activating group) is 1. The molecule has 1 aliphatic heterocycles. The summed E-state index contributed by atoms with van der Waals surface area (Å²) in [6, 6.07) is 3.02. The Morgan fingerprint density at radius 2 is 2.14 bits per heavy atom. The number of carbonyl (C=O) groups excluding carboxylic acids is 1. The van der Waals surface area contributed by atoms with Crippen molar-refractivity contribution in [2.75, 3.05) is 32.6 Å². The predicted molar refractivity (Wildman–Crippen MR) is 78.5 cm³/mol. The number of benzene rings is 1. The molecule has 0 atom stereocenters. The maximum Gasteiger partial charge on any atom is 0.313 e. The van der Waals surface area contributed by atoms with E-state index >= 15 is 0 Å². The summed E-state index contributed by atoms with van der Waals surface area (Å²) in [4.78, 5) is 26.1. The molecule has 2 rings (SSSR count). The number of nitrogens with zero attached hydrogens (tertiary/aromatic N) is 3. The summed E-state index contributed by atoms with van der Waals surface area (Å²) in [5.41, 5.74) is 1.60. The minimum atomic E-state index is -0.513. The number of methoxy groups -OCH3 is 1. The molecule has 112 valence electrons. The van der Waals surface area contributed by atoms with Crippen molar-refractivity contribution in [2.24, 2.45) is 0 Å². The molecule has 1 amide bonds. The van der Waals surface area contributed by atoms with Crippen molar-refractivity contribution in [3.8, 4) is 5.75 Å². The molecule has 1 aromatic carbocycles. The van der Waals surface area contributed by atoms with Crippen LogP contribution in [0.3, 0.4) is 0 Å². The average Bonchev–Trinajstić information content (AvgIpc) is 2.86. The van der Waals surface area contributed by atoms with E-state index in [1.165, 1.54) is 18.1 Å². The predicted octanol–water partition coefficient (Wildman–Crippen LogP) is 1.57. The zero-order valence-electron chi connectivity index (χ0n) is 12.3. The Kier molecular flexibility index (Phi) is 3.84. The monoisotopic (exact) mass is 291 g/mol. The van der Waals surface area contributed by atoms with Crippen LogP contribution >= 0.6 is 0 Å². The molecule has 7 nitrogen and oxygen atoms in total. The highest BCUT2D eigenvalue weighted by atomic mass is 16.6. The van der Waals surface area contributed by atoms with E-state index < -0.39 is 4.92 Å². The van der Waals surface area contributed by atoms with Crippen LogP contribution in [0.15, 0.2) is 24.4 Å². The molecule has 1 aromatic rings. The van der Waals surface area contributed by atoms with Gasteiger partial charge in [0, 0.05) is 26.7 Å². The molecule has 0 N–H and O–H groups in total. The largest absolute Gasteiger partial charge is 0.490 e. The third kappa shape index (κ3) is 2.54. The summed E-state index contributed by atoms with van der Waals surface area (Å²) < 4.78 is 5.04. The fourth-order valence-electron chi connectivity index (χ4n) is 2.27. The van der Waals surface area contributed by atoms with Crippen LogP contribution in [0.5, 0.6) is 5.75 Å². The van der Waals surface area contributed by atoms with Gasteiger partial charge in [0.1, 0.15) is 0 Å². The minimum absolute atomic E-state index is 0.147.